The predicted octanol–water partition coefficient (Wildman–Crippen LogP) is 2.07. The van der Waals surface area contributed by atoms with E-state index in [-0.39, 0.29) is 10.0 Å². The molecule has 70 valence electrons. The Morgan fingerprint density at radius 1 is 1.09 bits per heavy atom. The molecule has 11 heavy (non-hydrogen) atoms. The fourth-order valence-electron chi connectivity index (χ4n) is 0.932. The summed E-state index contributed by atoms with van der Waals surface area (Å²) < 4.78 is 0. The maximum Gasteiger partial charge on any atom is -0.00416 e. The van der Waals surface area contributed by atoms with Gasteiger partial charge in [0.05, 0.1) is 0 Å². The lowest BCUT2D eigenvalue weighted by atomic mass is 10.4. The summed E-state index contributed by atoms with van der Waals surface area (Å²) >= 11 is 0. The Kier molecular flexibility index (Phi) is 6.06. The molecule has 0 bridgehead atoms. The summed E-state index contributed by atoms with van der Waals surface area (Å²) in [6, 6.07) is 0. The molecule has 0 radical (unpaired) electrons. The van der Waals surface area contributed by atoms with E-state index in [2.05, 4.69) is 31.0 Å². The van der Waals surface area contributed by atoms with Gasteiger partial charge in [-0.05, 0) is 50.5 Å². The average molecular weight is 177 g/mol. The molecule has 0 rings (SSSR count). The summed E-state index contributed by atoms with van der Waals surface area (Å²) in [7, 11) is -0.251. The molecule has 0 heterocycles. The Morgan fingerprint density at radius 2 is 1.73 bits per heavy atom. The Hall–Kier alpha value is 0.310. The van der Waals surface area contributed by atoms with Gasteiger partial charge in [0.1, 0.15) is 0 Å². The number of rotatable bonds is 6. The molecule has 1 N–H and O–H groups in total. The van der Waals surface area contributed by atoms with Gasteiger partial charge in [-0.3, -0.25) is 0 Å². The summed E-state index contributed by atoms with van der Waals surface area (Å²) in [6.07, 6.45) is 9.74. The Balaban J connectivity index is 3.02. The third-order valence-corrected chi connectivity index (χ3v) is 3.05. The van der Waals surface area contributed by atoms with Crippen molar-refractivity contribution in [1.82, 2.24) is 5.32 Å². The highest BCUT2D eigenvalue weighted by molar-refractivity contribution is 8.32. The van der Waals surface area contributed by atoms with Crippen molar-refractivity contribution < 1.29 is 0 Å². The minimum absolute atomic E-state index is 0.251. The smallest absolute Gasteiger partial charge is 0.00416 e. The molecular formula is C9H23NS. The van der Waals surface area contributed by atoms with Crippen molar-refractivity contribution in [3.8, 4) is 0 Å². The quantitative estimate of drug-likeness (QED) is 0.613. The zero-order chi connectivity index (χ0) is 8.74. The predicted molar refractivity (Wildman–Crippen MR) is 58.0 cm³/mol. The third kappa shape index (κ3) is 10.3. The van der Waals surface area contributed by atoms with Crippen LogP contribution in [0.5, 0.6) is 0 Å². The second kappa shape index (κ2) is 5.90. The van der Waals surface area contributed by atoms with E-state index in [1.807, 2.05) is 0 Å². The van der Waals surface area contributed by atoms with Gasteiger partial charge in [0.25, 0.3) is 0 Å². The second-order valence-corrected chi connectivity index (χ2v) is 8.49. The van der Waals surface area contributed by atoms with E-state index in [1.165, 1.54) is 31.7 Å². The van der Waals surface area contributed by atoms with Crippen LogP contribution in [0.3, 0.4) is 0 Å². The summed E-state index contributed by atoms with van der Waals surface area (Å²) in [6.45, 7) is 4.60. The van der Waals surface area contributed by atoms with Crippen molar-refractivity contribution in [1.29, 1.82) is 0 Å². The molecule has 0 aromatic carbocycles. The van der Waals surface area contributed by atoms with Gasteiger partial charge < -0.3 is 5.32 Å². The van der Waals surface area contributed by atoms with Crippen molar-refractivity contribution in [3.63, 3.8) is 0 Å². The van der Waals surface area contributed by atoms with Crippen LogP contribution in [-0.2, 0) is 0 Å². The molecule has 0 aromatic rings. The molecule has 0 aliphatic rings. The topological polar surface area (TPSA) is 12.0 Å². The first-order chi connectivity index (χ1) is 5.06. The number of nitrogens with one attached hydrogen (secondary N) is 1. The van der Waals surface area contributed by atoms with Gasteiger partial charge in [0.15, 0.2) is 0 Å². The van der Waals surface area contributed by atoms with Gasteiger partial charge in [0, 0.05) is 0 Å². The van der Waals surface area contributed by atoms with Gasteiger partial charge >= 0.3 is 0 Å². The first-order valence-electron chi connectivity index (χ1n) is 4.43. The van der Waals surface area contributed by atoms with E-state index in [4.69, 9.17) is 0 Å². The van der Waals surface area contributed by atoms with Gasteiger partial charge in [-0.15, -0.1) is 0 Å². The maximum absolute atomic E-state index is 3.42. The summed E-state index contributed by atoms with van der Waals surface area (Å²) in [5, 5.41) is 3.42. The van der Waals surface area contributed by atoms with Crippen LogP contribution in [-0.4, -0.2) is 37.6 Å². The molecule has 0 amide bonds. The molecule has 0 unspecified atom stereocenters. The van der Waals surface area contributed by atoms with Crippen LogP contribution < -0.4 is 5.32 Å². The van der Waals surface area contributed by atoms with Crippen LogP contribution in [0.1, 0.15) is 19.8 Å². The minimum atomic E-state index is -0.251. The zero-order valence-electron chi connectivity index (χ0n) is 8.44. The van der Waals surface area contributed by atoms with Gasteiger partial charge in [0.2, 0.25) is 0 Å². The number of hydrogen-bond acceptors (Lipinski definition) is 1. The van der Waals surface area contributed by atoms with Crippen molar-refractivity contribution in [2.24, 2.45) is 0 Å². The van der Waals surface area contributed by atoms with E-state index in [0.717, 1.165) is 0 Å². The lowest BCUT2D eigenvalue weighted by Gasteiger charge is -2.24. The minimum Gasteiger partial charge on any atom is -0.317 e. The fraction of sp³-hybridized carbons (Fsp3) is 1.00. The maximum atomic E-state index is 3.42. The monoisotopic (exact) mass is 177 g/mol. The van der Waals surface area contributed by atoms with Crippen LogP contribution in [0.15, 0.2) is 0 Å². The zero-order valence-corrected chi connectivity index (χ0v) is 9.26. The van der Waals surface area contributed by atoms with Crippen molar-refractivity contribution in [3.05, 3.63) is 0 Å². The van der Waals surface area contributed by atoms with E-state index >= 15 is 0 Å². The average Bonchev–Trinajstić information content (AvgIpc) is 1.85. The molecular weight excluding hydrogens is 154 g/mol. The molecule has 1 nitrogen and oxygen atoms in total. The molecule has 2 heteroatoms. The first kappa shape index (κ1) is 11.3. The van der Waals surface area contributed by atoms with E-state index in [1.54, 1.807) is 0 Å². The van der Waals surface area contributed by atoms with Crippen LogP contribution in [0.25, 0.3) is 0 Å². The fourth-order valence-corrected chi connectivity index (χ4v) is 1.94. The van der Waals surface area contributed by atoms with Crippen LogP contribution >= 0.6 is 10.0 Å². The molecule has 0 fully saturated rings. The van der Waals surface area contributed by atoms with Crippen molar-refractivity contribution >= 4 is 10.0 Å². The van der Waals surface area contributed by atoms with Crippen LogP contribution in [0.4, 0.5) is 0 Å². The Bertz CT molecular complexity index is 86.1. The molecule has 0 spiro atoms. The van der Waals surface area contributed by atoms with Crippen LogP contribution in [0, 0.1) is 0 Å². The van der Waals surface area contributed by atoms with Crippen LogP contribution in [0.2, 0.25) is 0 Å². The van der Waals surface area contributed by atoms with Gasteiger partial charge in [-0.25, -0.2) is 10.0 Å². The highest BCUT2D eigenvalue weighted by Gasteiger charge is 2.01. The lowest BCUT2D eigenvalue weighted by Crippen LogP contribution is -2.17. The largest absolute Gasteiger partial charge is 0.317 e. The van der Waals surface area contributed by atoms with Gasteiger partial charge in [-0.1, -0.05) is 6.92 Å². The highest BCUT2D eigenvalue weighted by atomic mass is 32.3. The standard InChI is InChI=1S/C9H23NS/c1-5-7-10-8-6-9-11(2,3)4/h10H,5-9H2,1-4H3. The SMILES string of the molecule is CCCNCCCS(C)(C)C. The molecule has 0 saturated heterocycles. The number of hydrogen-bond donors (Lipinski definition) is 1. The van der Waals surface area contributed by atoms with E-state index in [9.17, 15) is 0 Å². The highest BCUT2D eigenvalue weighted by Crippen LogP contribution is 2.34. The summed E-state index contributed by atoms with van der Waals surface area (Å²) in [5.74, 6) is 1.41. The molecule has 0 atom stereocenters. The van der Waals surface area contributed by atoms with E-state index in [0.29, 0.717) is 0 Å². The lowest BCUT2D eigenvalue weighted by molar-refractivity contribution is 0.664. The summed E-state index contributed by atoms with van der Waals surface area (Å²) in [4.78, 5) is 0. The third-order valence-electron chi connectivity index (χ3n) is 1.54. The van der Waals surface area contributed by atoms with Crippen molar-refractivity contribution in [2.75, 3.05) is 37.6 Å². The Morgan fingerprint density at radius 3 is 2.18 bits per heavy atom. The van der Waals surface area contributed by atoms with E-state index < -0.39 is 0 Å². The molecule has 0 saturated carbocycles. The van der Waals surface area contributed by atoms with Crippen molar-refractivity contribution in [2.45, 2.75) is 19.8 Å². The van der Waals surface area contributed by atoms with Gasteiger partial charge in [-0.2, -0.15) is 0 Å². The molecule has 0 aromatic heterocycles. The molecule has 0 aliphatic carbocycles. The Labute approximate surface area is 73.3 Å². The normalized spacial score (nSPS) is 13.5. The second-order valence-electron chi connectivity index (χ2n) is 3.90. The first-order valence-corrected chi connectivity index (χ1v) is 7.45. The molecule has 0 aliphatic heterocycles. The summed E-state index contributed by atoms with van der Waals surface area (Å²) in [5.41, 5.74) is 0.